The Labute approximate surface area is 122 Å². The predicted octanol–water partition coefficient (Wildman–Crippen LogP) is 0.909. The van der Waals surface area contributed by atoms with E-state index in [1.165, 1.54) is 4.31 Å². The van der Waals surface area contributed by atoms with Crippen LogP contribution >= 0.6 is 0 Å². The van der Waals surface area contributed by atoms with Gasteiger partial charge in [-0.05, 0) is 26.7 Å². The van der Waals surface area contributed by atoms with Crippen LogP contribution in [-0.2, 0) is 10.0 Å². The van der Waals surface area contributed by atoms with Gasteiger partial charge in [0.15, 0.2) is 5.76 Å². The first-order chi connectivity index (χ1) is 10.00. The molecule has 1 saturated heterocycles. The van der Waals surface area contributed by atoms with Crippen molar-refractivity contribution in [2.45, 2.75) is 37.6 Å². The molecule has 0 bridgehead atoms. The third-order valence-corrected chi connectivity index (χ3v) is 5.95. The Morgan fingerprint density at radius 1 is 1.29 bits per heavy atom. The Kier molecular flexibility index (Phi) is 3.54. The third kappa shape index (κ3) is 2.46. The van der Waals surface area contributed by atoms with Crippen LogP contribution < -0.4 is 0 Å². The molecule has 0 radical (unpaired) electrons. The van der Waals surface area contributed by atoms with Crippen molar-refractivity contribution in [3.05, 3.63) is 23.8 Å². The molecule has 0 aromatic carbocycles. The van der Waals surface area contributed by atoms with Gasteiger partial charge in [-0.1, -0.05) is 10.4 Å². The molecular formula is C12H17N5O3S. The topological polar surface area (TPSA) is 94.1 Å². The van der Waals surface area contributed by atoms with Gasteiger partial charge < -0.3 is 4.52 Å². The number of nitrogens with zero attached hydrogens (tertiary/aromatic N) is 5. The largest absolute Gasteiger partial charge is 0.360 e. The lowest BCUT2D eigenvalue weighted by molar-refractivity contribution is 0.258. The molecule has 0 saturated carbocycles. The summed E-state index contributed by atoms with van der Waals surface area (Å²) < 4.78 is 33.6. The van der Waals surface area contributed by atoms with Gasteiger partial charge in [0.2, 0.25) is 10.0 Å². The van der Waals surface area contributed by atoms with Crippen LogP contribution in [0.15, 0.2) is 21.8 Å². The van der Waals surface area contributed by atoms with Crippen LogP contribution in [0.1, 0.15) is 30.3 Å². The molecule has 21 heavy (non-hydrogen) atoms. The monoisotopic (exact) mass is 311 g/mol. The highest BCUT2D eigenvalue weighted by atomic mass is 32.2. The first kappa shape index (κ1) is 14.2. The second kappa shape index (κ2) is 5.23. The van der Waals surface area contributed by atoms with Gasteiger partial charge in [0.05, 0.1) is 12.2 Å². The molecule has 3 heterocycles. The average Bonchev–Trinajstić information content (AvgIpc) is 3.09. The third-order valence-electron chi connectivity index (χ3n) is 3.80. The van der Waals surface area contributed by atoms with Crippen LogP contribution in [0.2, 0.25) is 0 Å². The lowest BCUT2D eigenvalue weighted by Gasteiger charge is -2.30. The fourth-order valence-corrected chi connectivity index (χ4v) is 4.49. The van der Waals surface area contributed by atoms with Crippen LogP contribution in [0.3, 0.4) is 0 Å². The Balaban J connectivity index is 1.77. The van der Waals surface area contributed by atoms with E-state index in [4.69, 9.17) is 4.52 Å². The fraction of sp³-hybridized carbons (Fsp3) is 0.583. The fourth-order valence-electron chi connectivity index (χ4n) is 2.73. The van der Waals surface area contributed by atoms with Crippen LogP contribution in [0, 0.1) is 13.8 Å². The molecule has 1 aliphatic rings. The summed E-state index contributed by atoms with van der Waals surface area (Å²) in [4.78, 5) is 0.196. The van der Waals surface area contributed by atoms with E-state index in [9.17, 15) is 8.42 Å². The molecule has 0 amide bonds. The highest BCUT2D eigenvalue weighted by molar-refractivity contribution is 7.89. The molecule has 1 fully saturated rings. The zero-order chi connectivity index (χ0) is 15.0. The van der Waals surface area contributed by atoms with Crippen LogP contribution in [0.25, 0.3) is 0 Å². The Bertz CT molecular complexity index is 695. The van der Waals surface area contributed by atoms with E-state index >= 15 is 0 Å². The maximum atomic E-state index is 12.7. The lowest BCUT2D eigenvalue weighted by Crippen LogP contribution is -2.39. The van der Waals surface area contributed by atoms with Crippen molar-refractivity contribution in [2.75, 3.05) is 13.1 Å². The van der Waals surface area contributed by atoms with Crippen LogP contribution in [-0.4, -0.2) is 46.0 Å². The summed E-state index contributed by atoms with van der Waals surface area (Å²) >= 11 is 0. The Morgan fingerprint density at radius 3 is 2.52 bits per heavy atom. The quantitative estimate of drug-likeness (QED) is 0.836. The molecule has 8 nitrogen and oxygen atoms in total. The molecule has 0 atom stereocenters. The van der Waals surface area contributed by atoms with Gasteiger partial charge in [-0.3, -0.25) is 0 Å². The molecule has 114 valence electrons. The number of sulfonamides is 1. The normalized spacial score (nSPS) is 18.2. The first-order valence-corrected chi connectivity index (χ1v) is 8.23. The van der Waals surface area contributed by atoms with E-state index in [1.807, 2.05) is 6.20 Å². The van der Waals surface area contributed by atoms with Gasteiger partial charge in [-0.25, -0.2) is 13.1 Å². The van der Waals surface area contributed by atoms with Crippen molar-refractivity contribution in [1.29, 1.82) is 0 Å². The van der Waals surface area contributed by atoms with E-state index in [-0.39, 0.29) is 10.9 Å². The zero-order valence-electron chi connectivity index (χ0n) is 11.9. The smallest absolute Gasteiger partial charge is 0.248 e. The molecule has 0 unspecified atom stereocenters. The molecule has 0 N–H and O–H groups in total. The van der Waals surface area contributed by atoms with Crippen molar-refractivity contribution in [2.24, 2.45) is 0 Å². The van der Waals surface area contributed by atoms with Crippen molar-refractivity contribution in [1.82, 2.24) is 24.5 Å². The first-order valence-electron chi connectivity index (χ1n) is 6.79. The zero-order valence-corrected chi connectivity index (χ0v) is 12.7. The second-order valence-electron chi connectivity index (χ2n) is 5.17. The van der Waals surface area contributed by atoms with E-state index in [2.05, 4.69) is 15.5 Å². The minimum Gasteiger partial charge on any atom is -0.360 e. The second-order valence-corrected chi connectivity index (χ2v) is 7.05. The number of rotatable bonds is 3. The maximum Gasteiger partial charge on any atom is 0.248 e. The Hall–Kier alpha value is -1.74. The molecule has 2 aromatic rings. The minimum absolute atomic E-state index is 0.196. The average molecular weight is 311 g/mol. The minimum atomic E-state index is -3.54. The number of aromatic nitrogens is 4. The van der Waals surface area contributed by atoms with Gasteiger partial charge in [-0.15, -0.1) is 5.10 Å². The summed E-state index contributed by atoms with van der Waals surface area (Å²) in [7, 11) is -3.54. The van der Waals surface area contributed by atoms with Crippen molar-refractivity contribution in [3.8, 4) is 0 Å². The lowest BCUT2D eigenvalue weighted by atomic mass is 10.1. The Morgan fingerprint density at radius 2 is 2.00 bits per heavy atom. The molecule has 0 aliphatic carbocycles. The number of piperidine rings is 1. The molecule has 0 spiro atoms. The highest BCUT2D eigenvalue weighted by Gasteiger charge is 2.34. The summed E-state index contributed by atoms with van der Waals surface area (Å²) in [6.07, 6.45) is 4.87. The molecular weight excluding hydrogens is 294 g/mol. The summed E-state index contributed by atoms with van der Waals surface area (Å²) in [6, 6.07) is 0.198. The van der Waals surface area contributed by atoms with Crippen molar-refractivity contribution in [3.63, 3.8) is 0 Å². The van der Waals surface area contributed by atoms with Crippen molar-refractivity contribution >= 4 is 10.0 Å². The highest BCUT2D eigenvalue weighted by Crippen LogP contribution is 2.28. The van der Waals surface area contributed by atoms with E-state index in [1.54, 1.807) is 24.7 Å². The maximum absolute atomic E-state index is 12.7. The van der Waals surface area contributed by atoms with Gasteiger partial charge in [-0.2, -0.15) is 4.31 Å². The standard InChI is InChI=1S/C12H17N5O3S/c1-9-12(10(2)20-14-9)21(18,19)16-6-3-11(4-7-16)17-8-5-13-15-17/h5,8,11H,3-4,6-7H2,1-2H3. The molecule has 3 rings (SSSR count). The number of hydrogen-bond acceptors (Lipinski definition) is 6. The van der Waals surface area contributed by atoms with E-state index in [0.29, 0.717) is 37.4 Å². The van der Waals surface area contributed by atoms with E-state index < -0.39 is 10.0 Å². The predicted molar refractivity (Wildman–Crippen MR) is 73.0 cm³/mol. The van der Waals surface area contributed by atoms with Crippen LogP contribution in [0.4, 0.5) is 0 Å². The van der Waals surface area contributed by atoms with E-state index in [0.717, 1.165) is 0 Å². The molecule has 9 heteroatoms. The van der Waals surface area contributed by atoms with Gasteiger partial charge in [0.1, 0.15) is 10.6 Å². The molecule has 1 aliphatic heterocycles. The van der Waals surface area contributed by atoms with Crippen molar-refractivity contribution < 1.29 is 12.9 Å². The summed E-state index contributed by atoms with van der Waals surface area (Å²) in [5.74, 6) is 0.339. The number of aryl methyl sites for hydroxylation is 2. The number of hydrogen-bond donors (Lipinski definition) is 0. The van der Waals surface area contributed by atoms with Gasteiger partial charge in [0.25, 0.3) is 0 Å². The summed E-state index contributed by atoms with van der Waals surface area (Å²) in [5, 5.41) is 11.5. The van der Waals surface area contributed by atoms with Gasteiger partial charge in [0, 0.05) is 19.3 Å². The van der Waals surface area contributed by atoms with Crippen LogP contribution in [0.5, 0.6) is 0 Å². The summed E-state index contributed by atoms with van der Waals surface area (Å²) in [6.45, 7) is 4.18. The van der Waals surface area contributed by atoms with Gasteiger partial charge >= 0.3 is 0 Å². The molecule has 2 aromatic heterocycles. The SMILES string of the molecule is Cc1noc(C)c1S(=O)(=O)N1CCC(n2ccnn2)CC1. The summed E-state index contributed by atoms with van der Waals surface area (Å²) in [5.41, 5.74) is 0.408.